The van der Waals surface area contributed by atoms with Crippen molar-refractivity contribution < 1.29 is 9.53 Å². The molecule has 28 heavy (non-hydrogen) atoms. The quantitative estimate of drug-likeness (QED) is 0.490. The molecule has 3 aromatic carbocycles. The molecule has 3 nitrogen and oxygen atoms in total. The van der Waals surface area contributed by atoms with Crippen LogP contribution in [0.1, 0.15) is 22.1 Å². The van der Waals surface area contributed by atoms with E-state index in [1.54, 1.807) is 23.9 Å². The summed E-state index contributed by atoms with van der Waals surface area (Å²) in [7, 11) is 0. The maximum Gasteiger partial charge on any atom is 0.238 e. The van der Waals surface area contributed by atoms with Gasteiger partial charge in [-0.3, -0.25) is 9.69 Å². The molecule has 1 unspecified atom stereocenters. The monoisotopic (exact) mass is 409 g/mol. The van der Waals surface area contributed by atoms with E-state index >= 15 is 0 Å². The predicted octanol–water partition coefficient (Wildman–Crippen LogP) is 6.53. The number of hydrogen-bond acceptors (Lipinski definition) is 3. The molecule has 1 fully saturated rings. The number of anilines is 1. The lowest BCUT2D eigenvalue weighted by molar-refractivity contribution is -0.115. The molecule has 1 amide bonds. The van der Waals surface area contributed by atoms with Crippen molar-refractivity contribution >= 4 is 35.0 Å². The second-order valence-corrected chi connectivity index (χ2v) is 8.29. The van der Waals surface area contributed by atoms with Gasteiger partial charge in [-0.2, -0.15) is 0 Å². The van der Waals surface area contributed by atoms with Crippen LogP contribution in [-0.4, -0.2) is 11.7 Å². The summed E-state index contributed by atoms with van der Waals surface area (Å²) < 4.78 is 5.86. The van der Waals surface area contributed by atoms with Gasteiger partial charge in [0.05, 0.1) is 5.75 Å². The van der Waals surface area contributed by atoms with E-state index in [2.05, 4.69) is 32.0 Å². The third-order valence-electron chi connectivity index (χ3n) is 4.82. The van der Waals surface area contributed by atoms with E-state index in [1.807, 2.05) is 41.3 Å². The topological polar surface area (TPSA) is 29.5 Å². The highest BCUT2D eigenvalue weighted by molar-refractivity contribution is 8.00. The number of hydrogen-bond donors (Lipinski definition) is 0. The number of thioether (sulfide) groups is 1. The van der Waals surface area contributed by atoms with E-state index in [1.165, 1.54) is 16.7 Å². The molecule has 1 saturated heterocycles. The number of rotatable bonds is 4. The summed E-state index contributed by atoms with van der Waals surface area (Å²) in [5, 5.41) is 0.669. The van der Waals surface area contributed by atoms with Gasteiger partial charge < -0.3 is 4.74 Å². The molecule has 1 heterocycles. The summed E-state index contributed by atoms with van der Waals surface area (Å²) in [5.74, 6) is 2.05. The Balaban J connectivity index is 1.60. The van der Waals surface area contributed by atoms with Gasteiger partial charge in [-0.05, 0) is 79.1 Å². The van der Waals surface area contributed by atoms with Crippen LogP contribution in [0.3, 0.4) is 0 Å². The molecular formula is C23H20ClNO2S. The molecule has 1 aliphatic rings. The van der Waals surface area contributed by atoms with Crippen LogP contribution in [-0.2, 0) is 4.79 Å². The third kappa shape index (κ3) is 3.75. The van der Waals surface area contributed by atoms with E-state index in [0.29, 0.717) is 16.5 Å². The number of benzene rings is 3. The van der Waals surface area contributed by atoms with Crippen molar-refractivity contribution in [2.24, 2.45) is 0 Å². The largest absolute Gasteiger partial charge is 0.457 e. The molecule has 0 saturated carbocycles. The molecule has 1 atom stereocenters. The summed E-state index contributed by atoms with van der Waals surface area (Å²) in [6.07, 6.45) is 0. The first-order valence-corrected chi connectivity index (χ1v) is 10.5. The van der Waals surface area contributed by atoms with Crippen LogP contribution in [0.4, 0.5) is 5.69 Å². The van der Waals surface area contributed by atoms with Gasteiger partial charge in [0.1, 0.15) is 16.9 Å². The highest BCUT2D eigenvalue weighted by atomic mass is 35.5. The van der Waals surface area contributed by atoms with E-state index in [4.69, 9.17) is 16.3 Å². The predicted molar refractivity (Wildman–Crippen MR) is 117 cm³/mol. The first-order valence-electron chi connectivity index (χ1n) is 9.06. The van der Waals surface area contributed by atoms with Crippen molar-refractivity contribution in [1.29, 1.82) is 0 Å². The summed E-state index contributed by atoms with van der Waals surface area (Å²) in [5.41, 5.74) is 4.52. The first-order chi connectivity index (χ1) is 13.5. The lowest BCUT2D eigenvalue weighted by Gasteiger charge is -2.27. The molecule has 142 valence electrons. The Bertz CT molecular complexity index is 982. The van der Waals surface area contributed by atoms with E-state index in [9.17, 15) is 4.79 Å². The van der Waals surface area contributed by atoms with Gasteiger partial charge in [0.15, 0.2) is 0 Å². The molecule has 3 aromatic rings. The van der Waals surface area contributed by atoms with Crippen molar-refractivity contribution in [2.75, 3.05) is 10.7 Å². The van der Waals surface area contributed by atoms with Gasteiger partial charge in [0.2, 0.25) is 5.91 Å². The van der Waals surface area contributed by atoms with Crippen LogP contribution in [0.15, 0.2) is 66.7 Å². The molecule has 0 aliphatic carbocycles. The molecule has 4 rings (SSSR count). The minimum absolute atomic E-state index is 0.00302. The Labute approximate surface area is 174 Å². The van der Waals surface area contributed by atoms with Crippen molar-refractivity contribution in [3.8, 4) is 11.5 Å². The molecule has 0 spiro atoms. The molecule has 0 radical (unpaired) electrons. The third-order valence-corrected chi connectivity index (χ3v) is 6.25. The Kier molecular flexibility index (Phi) is 5.33. The zero-order valence-corrected chi connectivity index (χ0v) is 17.3. The fraction of sp³-hybridized carbons (Fsp3) is 0.174. The fourth-order valence-corrected chi connectivity index (χ4v) is 4.94. The number of amides is 1. The summed E-state index contributed by atoms with van der Waals surface area (Å²) in [6, 6.07) is 21.2. The zero-order valence-electron chi connectivity index (χ0n) is 15.7. The van der Waals surface area contributed by atoms with E-state index < -0.39 is 0 Å². The first kappa shape index (κ1) is 18.9. The maximum absolute atomic E-state index is 12.7. The van der Waals surface area contributed by atoms with Crippen LogP contribution in [0, 0.1) is 13.8 Å². The van der Waals surface area contributed by atoms with Crippen molar-refractivity contribution in [2.45, 2.75) is 19.2 Å². The van der Waals surface area contributed by atoms with Crippen LogP contribution >= 0.6 is 23.4 Å². The Morgan fingerprint density at radius 2 is 1.50 bits per heavy atom. The average Bonchev–Trinajstić information content (AvgIpc) is 3.05. The smallest absolute Gasteiger partial charge is 0.238 e. The minimum Gasteiger partial charge on any atom is -0.457 e. The number of carbonyl (C=O) groups excluding carboxylic acids is 1. The van der Waals surface area contributed by atoms with E-state index in [-0.39, 0.29) is 11.3 Å². The Hall–Kier alpha value is -2.43. The molecule has 5 heteroatoms. The van der Waals surface area contributed by atoms with Crippen LogP contribution in [0.5, 0.6) is 11.5 Å². The lowest BCUT2D eigenvalue weighted by Crippen LogP contribution is -2.28. The standard InChI is InChI=1S/C23H20ClNO2S/c1-15-4-3-5-16(2)22(15)23-25(21(26)14-28-23)18-8-12-20(13-9-18)27-19-10-6-17(24)7-11-19/h3-13,23H,14H2,1-2H3. The lowest BCUT2D eigenvalue weighted by atomic mass is 10.0. The number of nitrogens with zero attached hydrogens (tertiary/aromatic N) is 1. The SMILES string of the molecule is Cc1cccc(C)c1C1SCC(=O)N1c1ccc(Oc2ccc(Cl)cc2)cc1. The van der Waals surface area contributed by atoms with Crippen LogP contribution in [0.25, 0.3) is 0 Å². The van der Waals surface area contributed by atoms with E-state index in [0.717, 1.165) is 11.4 Å². The van der Waals surface area contributed by atoms with Crippen molar-refractivity contribution in [1.82, 2.24) is 0 Å². The minimum atomic E-state index is -0.00302. The second kappa shape index (κ2) is 7.90. The molecular weight excluding hydrogens is 390 g/mol. The van der Waals surface area contributed by atoms with Gasteiger partial charge in [-0.25, -0.2) is 0 Å². The van der Waals surface area contributed by atoms with Gasteiger partial charge in [0.25, 0.3) is 0 Å². The average molecular weight is 410 g/mol. The summed E-state index contributed by atoms with van der Waals surface area (Å²) in [6.45, 7) is 4.21. The Morgan fingerprint density at radius 3 is 2.11 bits per heavy atom. The molecule has 0 aromatic heterocycles. The second-order valence-electron chi connectivity index (χ2n) is 6.78. The Morgan fingerprint density at radius 1 is 0.929 bits per heavy atom. The van der Waals surface area contributed by atoms with Crippen molar-refractivity contribution in [3.63, 3.8) is 0 Å². The number of aryl methyl sites for hydroxylation is 2. The number of carbonyl (C=O) groups is 1. The van der Waals surface area contributed by atoms with Gasteiger partial charge in [-0.1, -0.05) is 29.8 Å². The number of halogens is 1. The van der Waals surface area contributed by atoms with Gasteiger partial charge in [-0.15, -0.1) is 11.8 Å². The maximum atomic E-state index is 12.7. The van der Waals surface area contributed by atoms with Gasteiger partial charge >= 0.3 is 0 Å². The molecule has 0 N–H and O–H groups in total. The van der Waals surface area contributed by atoms with Gasteiger partial charge in [0, 0.05) is 10.7 Å². The summed E-state index contributed by atoms with van der Waals surface area (Å²) in [4.78, 5) is 14.5. The highest BCUT2D eigenvalue weighted by Crippen LogP contribution is 2.44. The normalized spacial score (nSPS) is 16.5. The zero-order chi connectivity index (χ0) is 19.7. The highest BCUT2D eigenvalue weighted by Gasteiger charge is 2.35. The molecule has 1 aliphatic heterocycles. The number of ether oxygens (including phenoxy) is 1. The fourth-order valence-electron chi connectivity index (χ4n) is 3.45. The van der Waals surface area contributed by atoms with Crippen LogP contribution < -0.4 is 9.64 Å². The molecule has 0 bridgehead atoms. The summed E-state index contributed by atoms with van der Waals surface area (Å²) >= 11 is 7.59. The van der Waals surface area contributed by atoms with Crippen molar-refractivity contribution in [3.05, 3.63) is 88.4 Å². The van der Waals surface area contributed by atoms with Crippen LogP contribution in [0.2, 0.25) is 5.02 Å².